The van der Waals surface area contributed by atoms with Gasteiger partial charge in [-0.25, -0.2) is 0 Å². The highest BCUT2D eigenvalue weighted by Crippen LogP contribution is 2.33. The summed E-state index contributed by atoms with van der Waals surface area (Å²) in [5.74, 6) is 0.967. The molecule has 2 atom stereocenters. The van der Waals surface area contributed by atoms with Crippen molar-refractivity contribution in [2.24, 2.45) is 11.7 Å². The molecule has 1 amide bonds. The van der Waals surface area contributed by atoms with Crippen LogP contribution >= 0.6 is 28.3 Å². The number of benzene rings is 1. The van der Waals surface area contributed by atoms with Crippen molar-refractivity contribution in [3.63, 3.8) is 0 Å². The third-order valence-corrected chi connectivity index (χ3v) is 3.95. The molecule has 0 bridgehead atoms. The number of ether oxygens (including phenoxy) is 2. The molecule has 0 spiro atoms. The van der Waals surface area contributed by atoms with Gasteiger partial charge in [-0.1, -0.05) is 22.9 Å². The Labute approximate surface area is 140 Å². The number of methoxy groups -OCH3 is 2. The monoisotopic (exact) mass is 380 g/mol. The van der Waals surface area contributed by atoms with Crippen LogP contribution in [0.1, 0.15) is 19.4 Å². The Morgan fingerprint density at radius 2 is 1.81 bits per heavy atom. The zero-order valence-corrected chi connectivity index (χ0v) is 15.0. The summed E-state index contributed by atoms with van der Waals surface area (Å²) >= 11 is 3.46. The fourth-order valence-corrected chi connectivity index (χ4v) is 2.08. The first-order chi connectivity index (χ1) is 9.40. The average molecular weight is 382 g/mol. The Hall–Kier alpha value is -0.980. The van der Waals surface area contributed by atoms with Gasteiger partial charge in [-0.15, -0.1) is 12.4 Å². The number of rotatable bonds is 6. The molecule has 0 heterocycles. The van der Waals surface area contributed by atoms with Crippen LogP contribution in [0.25, 0.3) is 0 Å². The van der Waals surface area contributed by atoms with Crippen LogP contribution in [0.15, 0.2) is 16.6 Å². The largest absolute Gasteiger partial charge is 0.493 e. The summed E-state index contributed by atoms with van der Waals surface area (Å²) in [5, 5.41) is 2.86. The second kappa shape index (κ2) is 9.12. The van der Waals surface area contributed by atoms with Gasteiger partial charge in [0.25, 0.3) is 0 Å². The number of hydrogen-bond donors (Lipinski definition) is 2. The van der Waals surface area contributed by atoms with Gasteiger partial charge in [0.15, 0.2) is 11.5 Å². The Bertz CT molecular complexity index is 484. The minimum atomic E-state index is -0.228. The molecule has 21 heavy (non-hydrogen) atoms. The molecule has 0 aliphatic carbocycles. The van der Waals surface area contributed by atoms with Gasteiger partial charge in [0.2, 0.25) is 5.91 Å². The van der Waals surface area contributed by atoms with Crippen LogP contribution in [0.4, 0.5) is 0 Å². The molecule has 0 aliphatic heterocycles. The maximum absolute atomic E-state index is 11.9. The number of carbonyl (C=O) groups is 1. The molecule has 1 aromatic carbocycles. The van der Waals surface area contributed by atoms with Crippen LogP contribution in [-0.2, 0) is 11.3 Å². The third kappa shape index (κ3) is 5.37. The van der Waals surface area contributed by atoms with E-state index in [-0.39, 0.29) is 30.3 Å². The first kappa shape index (κ1) is 20.0. The molecular formula is C14H22BrClN2O3. The van der Waals surface area contributed by atoms with E-state index in [0.717, 1.165) is 10.0 Å². The van der Waals surface area contributed by atoms with Crippen molar-refractivity contribution in [2.75, 3.05) is 14.2 Å². The molecule has 0 aliphatic rings. The van der Waals surface area contributed by atoms with Crippen LogP contribution < -0.4 is 20.5 Å². The molecule has 5 nitrogen and oxygen atoms in total. The highest BCUT2D eigenvalue weighted by molar-refractivity contribution is 9.10. The fourth-order valence-electron chi connectivity index (χ4n) is 1.61. The second-order valence-electron chi connectivity index (χ2n) is 4.66. The summed E-state index contributed by atoms with van der Waals surface area (Å²) < 4.78 is 11.3. The molecule has 120 valence electrons. The van der Waals surface area contributed by atoms with E-state index in [2.05, 4.69) is 21.2 Å². The molecule has 3 N–H and O–H groups in total. The standard InChI is InChI=1S/C14H21BrN2O3.ClH/c1-8(9(2)16)14(18)17-7-10-5-12(19-3)13(20-4)6-11(10)15;/h5-6,8-9H,7,16H2,1-4H3,(H,17,18);1H. The lowest BCUT2D eigenvalue weighted by atomic mass is 10.0. The molecule has 0 aromatic heterocycles. The number of hydrogen-bond acceptors (Lipinski definition) is 4. The van der Waals surface area contributed by atoms with Gasteiger partial charge < -0.3 is 20.5 Å². The van der Waals surface area contributed by atoms with E-state index < -0.39 is 0 Å². The molecule has 1 aromatic rings. The molecule has 0 saturated heterocycles. The predicted octanol–water partition coefficient (Wildman–Crippen LogP) is 2.49. The highest BCUT2D eigenvalue weighted by Gasteiger charge is 2.17. The molecule has 7 heteroatoms. The lowest BCUT2D eigenvalue weighted by Gasteiger charge is -2.16. The van der Waals surface area contributed by atoms with Crippen LogP contribution in [0.3, 0.4) is 0 Å². The van der Waals surface area contributed by atoms with E-state index in [0.29, 0.717) is 18.0 Å². The van der Waals surface area contributed by atoms with Gasteiger partial charge in [0.1, 0.15) is 0 Å². The number of halogens is 2. The molecular weight excluding hydrogens is 360 g/mol. The van der Waals surface area contributed by atoms with Crippen LogP contribution in [0, 0.1) is 5.92 Å². The molecule has 0 radical (unpaired) electrons. The number of amides is 1. The molecule has 2 unspecified atom stereocenters. The SMILES string of the molecule is COc1cc(Br)c(CNC(=O)C(C)C(C)N)cc1OC.Cl. The minimum absolute atomic E-state index is 0. The van der Waals surface area contributed by atoms with E-state index in [1.54, 1.807) is 14.2 Å². The van der Waals surface area contributed by atoms with Crippen LogP contribution in [0.2, 0.25) is 0 Å². The normalized spacial score (nSPS) is 12.9. The smallest absolute Gasteiger partial charge is 0.224 e. The van der Waals surface area contributed by atoms with Crippen molar-refractivity contribution >= 4 is 34.2 Å². The van der Waals surface area contributed by atoms with Crippen molar-refractivity contribution in [1.82, 2.24) is 5.32 Å². The summed E-state index contributed by atoms with van der Waals surface area (Å²) in [6, 6.07) is 3.47. The van der Waals surface area contributed by atoms with Gasteiger partial charge in [-0.2, -0.15) is 0 Å². The second-order valence-corrected chi connectivity index (χ2v) is 5.52. The minimum Gasteiger partial charge on any atom is -0.493 e. The van der Waals surface area contributed by atoms with Gasteiger partial charge in [0, 0.05) is 23.0 Å². The quantitative estimate of drug-likeness (QED) is 0.794. The first-order valence-electron chi connectivity index (χ1n) is 6.34. The summed E-state index contributed by atoms with van der Waals surface area (Å²) in [6.45, 7) is 4.02. The van der Waals surface area contributed by atoms with E-state index >= 15 is 0 Å². The van der Waals surface area contributed by atoms with Gasteiger partial charge in [-0.3, -0.25) is 4.79 Å². The maximum Gasteiger partial charge on any atom is 0.224 e. The summed E-state index contributed by atoms with van der Waals surface area (Å²) in [6.07, 6.45) is 0. The average Bonchev–Trinajstić information content (AvgIpc) is 2.44. The van der Waals surface area contributed by atoms with Crippen molar-refractivity contribution in [2.45, 2.75) is 26.4 Å². The zero-order chi connectivity index (χ0) is 15.3. The summed E-state index contributed by atoms with van der Waals surface area (Å²) in [4.78, 5) is 11.9. The van der Waals surface area contributed by atoms with Crippen LogP contribution in [-0.4, -0.2) is 26.2 Å². The van der Waals surface area contributed by atoms with Gasteiger partial charge in [-0.05, 0) is 24.6 Å². The van der Waals surface area contributed by atoms with E-state index in [1.165, 1.54) is 0 Å². The predicted molar refractivity (Wildman–Crippen MR) is 89.2 cm³/mol. The topological polar surface area (TPSA) is 73.6 Å². The number of nitrogens with one attached hydrogen (secondary N) is 1. The Kier molecular flexibility index (Phi) is 8.70. The van der Waals surface area contributed by atoms with Crippen molar-refractivity contribution in [3.05, 3.63) is 22.2 Å². The maximum atomic E-state index is 11.9. The zero-order valence-electron chi connectivity index (χ0n) is 12.6. The van der Waals surface area contributed by atoms with Crippen molar-refractivity contribution in [3.8, 4) is 11.5 Å². The molecule has 0 fully saturated rings. The Morgan fingerprint density at radius 1 is 1.29 bits per heavy atom. The Morgan fingerprint density at radius 3 is 2.29 bits per heavy atom. The van der Waals surface area contributed by atoms with Gasteiger partial charge in [0.05, 0.1) is 14.2 Å². The highest BCUT2D eigenvalue weighted by atomic mass is 79.9. The molecule has 0 saturated carbocycles. The van der Waals surface area contributed by atoms with E-state index in [4.69, 9.17) is 15.2 Å². The number of nitrogens with two attached hydrogens (primary N) is 1. The van der Waals surface area contributed by atoms with Crippen molar-refractivity contribution in [1.29, 1.82) is 0 Å². The summed E-state index contributed by atoms with van der Waals surface area (Å²) in [5.41, 5.74) is 6.62. The van der Waals surface area contributed by atoms with Crippen LogP contribution in [0.5, 0.6) is 11.5 Å². The fraction of sp³-hybridized carbons (Fsp3) is 0.500. The molecule has 1 rings (SSSR count). The summed E-state index contributed by atoms with van der Waals surface area (Å²) in [7, 11) is 3.16. The lowest BCUT2D eigenvalue weighted by molar-refractivity contribution is -0.125. The van der Waals surface area contributed by atoms with E-state index in [9.17, 15) is 4.79 Å². The third-order valence-electron chi connectivity index (χ3n) is 3.21. The van der Waals surface area contributed by atoms with Gasteiger partial charge >= 0.3 is 0 Å². The lowest BCUT2D eigenvalue weighted by Crippen LogP contribution is -2.38. The number of carbonyl (C=O) groups excluding carboxylic acids is 1. The van der Waals surface area contributed by atoms with E-state index in [1.807, 2.05) is 26.0 Å². The first-order valence-corrected chi connectivity index (χ1v) is 7.13. The Balaban J connectivity index is 0.00000400. The van der Waals surface area contributed by atoms with Crippen molar-refractivity contribution < 1.29 is 14.3 Å².